The van der Waals surface area contributed by atoms with E-state index in [0.717, 1.165) is 11.1 Å². The van der Waals surface area contributed by atoms with Gasteiger partial charge in [-0.25, -0.2) is 0 Å². The molecule has 1 aliphatic carbocycles. The Morgan fingerprint density at radius 1 is 1.16 bits per heavy atom. The van der Waals surface area contributed by atoms with Crippen molar-refractivity contribution in [1.82, 2.24) is 0 Å². The number of rotatable bonds is 2. The molecule has 19 heavy (non-hydrogen) atoms. The Morgan fingerprint density at radius 2 is 1.74 bits per heavy atom. The Hall–Kier alpha value is -1.84. The van der Waals surface area contributed by atoms with Crippen molar-refractivity contribution in [1.29, 1.82) is 0 Å². The molecule has 0 saturated heterocycles. The van der Waals surface area contributed by atoms with E-state index in [1.165, 1.54) is 14.2 Å². The highest BCUT2D eigenvalue weighted by Crippen LogP contribution is 2.36. The van der Waals surface area contributed by atoms with E-state index in [2.05, 4.69) is 0 Å². The number of esters is 2. The van der Waals surface area contributed by atoms with Crippen molar-refractivity contribution >= 4 is 11.9 Å². The zero-order valence-electron chi connectivity index (χ0n) is 11.9. The lowest BCUT2D eigenvalue weighted by molar-refractivity contribution is -0.165. The van der Waals surface area contributed by atoms with Crippen molar-refractivity contribution in [2.45, 2.75) is 26.7 Å². The Balaban J connectivity index is 3.29. The number of hydrogen-bond donors (Lipinski definition) is 0. The van der Waals surface area contributed by atoms with E-state index in [4.69, 9.17) is 9.47 Å². The summed E-state index contributed by atoms with van der Waals surface area (Å²) < 4.78 is 9.56. The standard InChI is InChI=1S/C15H20O4/c1-5-11-7-9-15(13(16)18-3,14(17)19-4)10-8-12(11)6-2/h5-7,9H,8,10H2,1-4H3/b11-5+,12-6+. The third-order valence-electron chi connectivity index (χ3n) is 3.47. The van der Waals surface area contributed by atoms with Crippen molar-refractivity contribution in [2.24, 2.45) is 5.41 Å². The average Bonchev–Trinajstić information content (AvgIpc) is 2.65. The van der Waals surface area contributed by atoms with Crippen molar-refractivity contribution in [2.75, 3.05) is 14.2 Å². The molecule has 4 heteroatoms. The van der Waals surface area contributed by atoms with Gasteiger partial charge in [-0.15, -0.1) is 0 Å². The average molecular weight is 264 g/mol. The lowest BCUT2D eigenvalue weighted by Gasteiger charge is -2.23. The molecule has 0 fully saturated rings. The van der Waals surface area contributed by atoms with E-state index in [1.807, 2.05) is 26.0 Å². The van der Waals surface area contributed by atoms with Crippen LogP contribution in [0.5, 0.6) is 0 Å². The predicted octanol–water partition coefficient (Wildman–Crippen LogP) is 2.56. The van der Waals surface area contributed by atoms with E-state index in [-0.39, 0.29) is 0 Å². The van der Waals surface area contributed by atoms with Crippen LogP contribution >= 0.6 is 0 Å². The maximum Gasteiger partial charge on any atom is 0.327 e. The molecule has 0 N–H and O–H groups in total. The van der Waals surface area contributed by atoms with Gasteiger partial charge in [0, 0.05) is 0 Å². The van der Waals surface area contributed by atoms with Gasteiger partial charge in [0.05, 0.1) is 14.2 Å². The van der Waals surface area contributed by atoms with Gasteiger partial charge in [0.15, 0.2) is 5.41 Å². The largest absolute Gasteiger partial charge is 0.468 e. The van der Waals surface area contributed by atoms with Crippen molar-refractivity contribution in [3.05, 3.63) is 35.5 Å². The Morgan fingerprint density at radius 3 is 2.16 bits per heavy atom. The van der Waals surface area contributed by atoms with Gasteiger partial charge in [0.1, 0.15) is 0 Å². The van der Waals surface area contributed by atoms with Crippen LogP contribution in [0.25, 0.3) is 0 Å². The number of carbonyl (C=O) groups is 2. The van der Waals surface area contributed by atoms with E-state index in [0.29, 0.717) is 12.8 Å². The molecule has 104 valence electrons. The topological polar surface area (TPSA) is 52.6 Å². The number of hydrogen-bond acceptors (Lipinski definition) is 4. The lowest BCUT2D eigenvalue weighted by atomic mass is 9.83. The van der Waals surface area contributed by atoms with E-state index in [1.54, 1.807) is 12.2 Å². The van der Waals surface area contributed by atoms with Gasteiger partial charge >= 0.3 is 11.9 Å². The normalized spacial score (nSPS) is 22.1. The summed E-state index contributed by atoms with van der Waals surface area (Å²) in [6.07, 6.45) is 8.29. The SMILES string of the molecule is C/C=C1\C=CC(C(=O)OC)(C(=O)OC)CC\C1=C/C. The van der Waals surface area contributed by atoms with Crippen molar-refractivity contribution < 1.29 is 19.1 Å². The number of carbonyl (C=O) groups excluding carboxylic acids is 2. The molecule has 0 aromatic carbocycles. The fourth-order valence-corrected chi connectivity index (χ4v) is 2.28. The second-order valence-electron chi connectivity index (χ2n) is 4.35. The summed E-state index contributed by atoms with van der Waals surface area (Å²) in [6, 6.07) is 0. The van der Waals surface area contributed by atoms with Crippen LogP contribution in [-0.2, 0) is 19.1 Å². The maximum absolute atomic E-state index is 12.0. The van der Waals surface area contributed by atoms with Crippen molar-refractivity contribution in [3.8, 4) is 0 Å². The van der Waals surface area contributed by atoms with E-state index in [9.17, 15) is 9.59 Å². The Bertz CT molecular complexity index is 439. The quantitative estimate of drug-likeness (QED) is 0.568. The first kappa shape index (κ1) is 15.2. The molecule has 0 bridgehead atoms. The van der Waals surface area contributed by atoms with E-state index >= 15 is 0 Å². The van der Waals surface area contributed by atoms with Crippen LogP contribution in [0.3, 0.4) is 0 Å². The second-order valence-corrected chi connectivity index (χ2v) is 4.35. The van der Waals surface area contributed by atoms with Crippen LogP contribution in [0, 0.1) is 5.41 Å². The molecule has 0 spiro atoms. The van der Waals surface area contributed by atoms with Gasteiger partial charge in [0.25, 0.3) is 0 Å². The first-order valence-electron chi connectivity index (χ1n) is 6.23. The Kier molecular flexibility index (Phi) is 5.10. The first-order chi connectivity index (χ1) is 9.05. The molecule has 1 aliphatic rings. The highest BCUT2D eigenvalue weighted by Gasteiger charge is 2.46. The third kappa shape index (κ3) is 2.78. The summed E-state index contributed by atoms with van der Waals surface area (Å²) in [4.78, 5) is 24.0. The molecule has 0 unspecified atom stereocenters. The molecule has 0 aliphatic heterocycles. The van der Waals surface area contributed by atoms with Crippen LogP contribution in [0.4, 0.5) is 0 Å². The fourth-order valence-electron chi connectivity index (χ4n) is 2.28. The summed E-state index contributed by atoms with van der Waals surface area (Å²) in [6.45, 7) is 3.86. The van der Waals surface area contributed by atoms with Crippen LogP contribution < -0.4 is 0 Å². The van der Waals surface area contributed by atoms with Crippen LogP contribution in [-0.4, -0.2) is 26.2 Å². The van der Waals surface area contributed by atoms with Crippen LogP contribution in [0.15, 0.2) is 35.5 Å². The monoisotopic (exact) mass is 264 g/mol. The predicted molar refractivity (Wildman–Crippen MR) is 72.4 cm³/mol. The van der Waals surface area contributed by atoms with Gasteiger partial charge in [-0.05, 0) is 37.8 Å². The number of methoxy groups -OCH3 is 2. The minimum atomic E-state index is -1.34. The summed E-state index contributed by atoms with van der Waals surface area (Å²) in [5.74, 6) is -1.16. The smallest absolute Gasteiger partial charge is 0.327 e. The van der Waals surface area contributed by atoms with Crippen molar-refractivity contribution in [3.63, 3.8) is 0 Å². The van der Waals surface area contributed by atoms with Gasteiger partial charge in [0.2, 0.25) is 0 Å². The highest BCUT2D eigenvalue weighted by molar-refractivity contribution is 6.02. The molecule has 0 aromatic rings. The fraction of sp³-hybridized carbons (Fsp3) is 0.467. The molecule has 0 saturated carbocycles. The zero-order valence-corrected chi connectivity index (χ0v) is 11.9. The van der Waals surface area contributed by atoms with Gasteiger partial charge < -0.3 is 9.47 Å². The zero-order chi connectivity index (χ0) is 14.5. The molecule has 4 nitrogen and oxygen atoms in total. The van der Waals surface area contributed by atoms with Crippen LogP contribution in [0.2, 0.25) is 0 Å². The van der Waals surface area contributed by atoms with Crippen LogP contribution in [0.1, 0.15) is 26.7 Å². The molecule has 0 heterocycles. The minimum absolute atomic E-state index is 0.347. The molecular formula is C15H20O4. The molecule has 0 radical (unpaired) electrons. The van der Waals surface area contributed by atoms with Gasteiger partial charge in [-0.3, -0.25) is 9.59 Å². The first-order valence-corrected chi connectivity index (χ1v) is 6.23. The highest BCUT2D eigenvalue weighted by atomic mass is 16.5. The Labute approximate surface area is 113 Å². The molecule has 0 atom stereocenters. The summed E-state index contributed by atoms with van der Waals surface area (Å²) in [7, 11) is 2.55. The molecule has 0 aromatic heterocycles. The molecular weight excluding hydrogens is 244 g/mol. The van der Waals surface area contributed by atoms with E-state index < -0.39 is 17.4 Å². The van der Waals surface area contributed by atoms with Gasteiger partial charge in [-0.2, -0.15) is 0 Å². The second kappa shape index (κ2) is 6.36. The summed E-state index contributed by atoms with van der Waals surface area (Å²) in [5.41, 5.74) is 0.772. The maximum atomic E-state index is 12.0. The summed E-state index contributed by atoms with van der Waals surface area (Å²) >= 11 is 0. The number of allylic oxidation sites excluding steroid dienone is 5. The summed E-state index contributed by atoms with van der Waals surface area (Å²) in [5, 5.41) is 0. The lowest BCUT2D eigenvalue weighted by Crippen LogP contribution is -2.39. The minimum Gasteiger partial charge on any atom is -0.468 e. The van der Waals surface area contributed by atoms with Gasteiger partial charge in [-0.1, -0.05) is 24.3 Å². The third-order valence-corrected chi connectivity index (χ3v) is 3.47. The molecule has 0 amide bonds. The molecule has 1 rings (SSSR count). The number of ether oxygens (including phenoxy) is 2.